The summed E-state index contributed by atoms with van der Waals surface area (Å²) < 4.78 is 49.4. The smallest absolute Gasteiger partial charge is 0.243 e. The average molecular weight is 332 g/mol. The van der Waals surface area contributed by atoms with Gasteiger partial charge in [0.1, 0.15) is 0 Å². The van der Waals surface area contributed by atoms with Crippen LogP contribution >= 0.6 is 0 Å². The lowest BCUT2D eigenvalue weighted by Crippen LogP contribution is -2.55. The van der Waals surface area contributed by atoms with Gasteiger partial charge in [0.15, 0.2) is 9.84 Å². The van der Waals surface area contributed by atoms with Gasteiger partial charge >= 0.3 is 0 Å². The monoisotopic (exact) mass is 332 g/mol. The zero-order valence-corrected chi connectivity index (χ0v) is 13.9. The van der Waals surface area contributed by atoms with Crippen molar-refractivity contribution in [1.82, 2.24) is 9.62 Å². The maximum atomic E-state index is 12.6. The van der Waals surface area contributed by atoms with Crippen LogP contribution in [0, 0.1) is 0 Å². The Balaban J connectivity index is 2.31. The lowest BCUT2D eigenvalue weighted by Gasteiger charge is -2.35. The Bertz CT molecular complexity index is 701. The number of sulfone groups is 1. The summed E-state index contributed by atoms with van der Waals surface area (Å²) in [5.74, 6) is 0. The Labute approximate surface area is 126 Å². The van der Waals surface area contributed by atoms with E-state index in [0.29, 0.717) is 13.1 Å². The highest BCUT2D eigenvalue weighted by Gasteiger charge is 2.31. The van der Waals surface area contributed by atoms with Crippen LogP contribution in [-0.4, -0.2) is 52.6 Å². The van der Waals surface area contributed by atoms with E-state index in [4.69, 9.17) is 0 Å². The molecule has 0 aliphatic carbocycles. The van der Waals surface area contributed by atoms with Crippen LogP contribution in [0.2, 0.25) is 0 Å². The fraction of sp³-hybridized carbons (Fsp3) is 0.538. The van der Waals surface area contributed by atoms with Crippen molar-refractivity contribution in [2.24, 2.45) is 0 Å². The van der Waals surface area contributed by atoms with Crippen LogP contribution in [-0.2, 0) is 19.9 Å². The first-order chi connectivity index (χ1) is 9.60. The Morgan fingerprint density at radius 3 is 1.81 bits per heavy atom. The lowest BCUT2D eigenvalue weighted by atomic mass is 10.2. The minimum Gasteiger partial charge on any atom is -0.309 e. The molecular weight excluding hydrogens is 312 g/mol. The summed E-state index contributed by atoms with van der Waals surface area (Å²) in [6.07, 6.45) is 1.09. The SMILES string of the molecule is C[C@H]1CN(S(=O)(=O)c2ccc(S(C)(=O)=O)cc2)C[C@H](C)N1. The highest BCUT2D eigenvalue weighted by molar-refractivity contribution is 7.90. The van der Waals surface area contributed by atoms with Gasteiger partial charge in [0.2, 0.25) is 10.0 Å². The van der Waals surface area contributed by atoms with Crippen molar-refractivity contribution >= 4 is 19.9 Å². The van der Waals surface area contributed by atoms with Crippen LogP contribution in [0.25, 0.3) is 0 Å². The van der Waals surface area contributed by atoms with E-state index in [1.54, 1.807) is 0 Å². The number of sulfonamides is 1. The number of hydrogen-bond acceptors (Lipinski definition) is 5. The van der Waals surface area contributed by atoms with Gasteiger partial charge in [-0.05, 0) is 38.1 Å². The third kappa shape index (κ3) is 3.63. The molecule has 0 bridgehead atoms. The van der Waals surface area contributed by atoms with Crippen LogP contribution in [0.5, 0.6) is 0 Å². The minimum atomic E-state index is -3.59. The van der Waals surface area contributed by atoms with Gasteiger partial charge in [-0.2, -0.15) is 4.31 Å². The second-order valence-corrected chi connectivity index (χ2v) is 9.49. The van der Waals surface area contributed by atoms with Gasteiger partial charge in [-0.25, -0.2) is 16.8 Å². The van der Waals surface area contributed by atoms with E-state index in [1.165, 1.54) is 28.6 Å². The van der Waals surface area contributed by atoms with Crippen LogP contribution in [0.15, 0.2) is 34.1 Å². The maximum Gasteiger partial charge on any atom is 0.243 e. The van der Waals surface area contributed by atoms with Crippen molar-refractivity contribution in [2.75, 3.05) is 19.3 Å². The Kier molecular flexibility index (Phi) is 4.44. The summed E-state index contributed by atoms with van der Waals surface area (Å²) in [6, 6.07) is 5.53. The van der Waals surface area contributed by atoms with E-state index >= 15 is 0 Å². The topological polar surface area (TPSA) is 83.6 Å². The molecule has 0 amide bonds. The van der Waals surface area contributed by atoms with E-state index in [1.807, 2.05) is 13.8 Å². The molecule has 0 unspecified atom stereocenters. The lowest BCUT2D eigenvalue weighted by molar-refractivity contribution is 0.263. The summed E-state index contributed by atoms with van der Waals surface area (Å²) >= 11 is 0. The quantitative estimate of drug-likeness (QED) is 0.869. The highest BCUT2D eigenvalue weighted by atomic mass is 32.2. The van der Waals surface area contributed by atoms with Gasteiger partial charge in [-0.1, -0.05) is 0 Å². The zero-order chi connectivity index (χ0) is 15.8. The normalized spacial score (nSPS) is 24.9. The van der Waals surface area contributed by atoms with Crippen LogP contribution in [0.4, 0.5) is 0 Å². The Morgan fingerprint density at radius 2 is 1.38 bits per heavy atom. The molecule has 1 aromatic carbocycles. The summed E-state index contributed by atoms with van der Waals surface area (Å²) in [7, 11) is -6.92. The summed E-state index contributed by atoms with van der Waals surface area (Å²) in [4.78, 5) is 0.236. The predicted octanol–water partition coefficient (Wildman–Crippen LogP) is 0.461. The standard InChI is InChI=1S/C13H20N2O4S2/c1-10-8-15(9-11(2)14-10)21(18,19)13-6-4-12(5-7-13)20(3,16)17/h4-7,10-11,14H,8-9H2,1-3H3/t10-,11-/m0/s1. The van der Waals surface area contributed by atoms with Gasteiger partial charge in [0.05, 0.1) is 9.79 Å². The van der Waals surface area contributed by atoms with Crippen LogP contribution < -0.4 is 5.32 Å². The second kappa shape index (κ2) is 5.68. The van der Waals surface area contributed by atoms with Gasteiger partial charge in [-0.15, -0.1) is 0 Å². The largest absolute Gasteiger partial charge is 0.309 e. The highest BCUT2D eigenvalue weighted by Crippen LogP contribution is 2.20. The summed E-state index contributed by atoms with van der Waals surface area (Å²) in [5.41, 5.74) is 0. The molecule has 0 aromatic heterocycles. The van der Waals surface area contributed by atoms with Crippen LogP contribution in [0.1, 0.15) is 13.8 Å². The van der Waals surface area contributed by atoms with Crippen molar-refractivity contribution < 1.29 is 16.8 Å². The Hall–Kier alpha value is -0.960. The third-order valence-electron chi connectivity index (χ3n) is 3.41. The molecule has 0 spiro atoms. The van der Waals surface area contributed by atoms with E-state index < -0.39 is 19.9 Å². The molecular formula is C13H20N2O4S2. The molecule has 2 rings (SSSR count). The van der Waals surface area contributed by atoms with Crippen molar-refractivity contribution in [3.63, 3.8) is 0 Å². The molecule has 2 atom stereocenters. The van der Waals surface area contributed by atoms with Gasteiger partial charge in [0.25, 0.3) is 0 Å². The number of piperazine rings is 1. The molecule has 6 nitrogen and oxygen atoms in total. The second-order valence-electron chi connectivity index (χ2n) is 5.53. The number of nitrogens with one attached hydrogen (secondary N) is 1. The Morgan fingerprint density at radius 1 is 0.952 bits per heavy atom. The molecule has 1 saturated heterocycles. The summed E-state index contributed by atoms with van der Waals surface area (Å²) in [6.45, 7) is 4.68. The van der Waals surface area contributed by atoms with E-state index in [0.717, 1.165) is 6.26 Å². The van der Waals surface area contributed by atoms with Crippen molar-refractivity contribution in [1.29, 1.82) is 0 Å². The maximum absolute atomic E-state index is 12.6. The fourth-order valence-electron chi connectivity index (χ4n) is 2.48. The molecule has 118 valence electrons. The number of hydrogen-bond donors (Lipinski definition) is 1. The molecule has 21 heavy (non-hydrogen) atoms. The first-order valence-corrected chi connectivity index (χ1v) is 10.00. The molecule has 1 fully saturated rings. The summed E-state index contributed by atoms with van der Waals surface area (Å²) in [5, 5.41) is 3.28. The van der Waals surface area contributed by atoms with E-state index in [-0.39, 0.29) is 21.9 Å². The van der Waals surface area contributed by atoms with Gasteiger partial charge < -0.3 is 5.32 Å². The van der Waals surface area contributed by atoms with Crippen LogP contribution in [0.3, 0.4) is 0 Å². The molecule has 1 aliphatic rings. The zero-order valence-electron chi connectivity index (χ0n) is 12.3. The number of nitrogens with zero attached hydrogens (tertiary/aromatic N) is 1. The number of rotatable bonds is 3. The minimum absolute atomic E-state index is 0.0822. The van der Waals surface area contributed by atoms with Crippen molar-refractivity contribution in [2.45, 2.75) is 35.7 Å². The first-order valence-electron chi connectivity index (χ1n) is 6.67. The average Bonchev–Trinajstić information content (AvgIpc) is 2.36. The molecule has 8 heteroatoms. The third-order valence-corrected chi connectivity index (χ3v) is 6.39. The molecule has 1 N–H and O–H groups in total. The van der Waals surface area contributed by atoms with E-state index in [9.17, 15) is 16.8 Å². The van der Waals surface area contributed by atoms with Gasteiger partial charge in [0, 0.05) is 31.4 Å². The molecule has 0 radical (unpaired) electrons. The number of benzene rings is 1. The molecule has 0 saturated carbocycles. The molecule has 1 aromatic rings. The van der Waals surface area contributed by atoms with Gasteiger partial charge in [-0.3, -0.25) is 0 Å². The molecule has 1 heterocycles. The van der Waals surface area contributed by atoms with E-state index in [2.05, 4.69) is 5.32 Å². The van der Waals surface area contributed by atoms with Crippen molar-refractivity contribution in [3.05, 3.63) is 24.3 Å². The fourth-order valence-corrected chi connectivity index (χ4v) is 4.73. The predicted molar refractivity (Wildman–Crippen MR) is 80.4 cm³/mol. The molecule has 1 aliphatic heterocycles. The first kappa shape index (κ1) is 16.4. The van der Waals surface area contributed by atoms with Crippen molar-refractivity contribution in [3.8, 4) is 0 Å².